The number of rotatable bonds is 3. The van der Waals surface area contributed by atoms with Gasteiger partial charge in [-0.1, -0.05) is 58.5 Å². The van der Waals surface area contributed by atoms with Crippen molar-refractivity contribution in [2.24, 2.45) is 0 Å². The Labute approximate surface area is 229 Å². The number of aryl methyl sites for hydroxylation is 1. The molecule has 0 spiro atoms. The van der Waals surface area contributed by atoms with Gasteiger partial charge in [0.15, 0.2) is 11.5 Å². The molecule has 6 rings (SSSR count). The molecule has 3 heterocycles. The molecule has 0 N–H and O–H groups in total. The van der Waals surface area contributed by atoms with Crippen molar-refractivity contribution >= 4 is 69.8 Å². The molecule has 3 amide bonds. The number of carbonyl (C=O) groups excluding carboxylic acids is 3. The van der Waals surface area contributed by atoms with Gasteiger partial charge in [-0.05, 0) is 42.3 Å². The quantitative estimate of drug-likeness (QED) is 0.159. The molecule has 1 saturated heterocycles. The standard InChI is InChI=1S/C25H13Cl4FN2O5/c1-9-2-4-11(30)7-12(9)31-21(10-3-5-13-14(6-10)37-8-36-13)22(25(31)35)32-23(33)15-16(24(32)34)18(27)20(29)19(28)17(15)26/h2-7,21-22H,8H2,1H3. The third-order valence-electron chi connectivity index (χ3n) is 6.65. The van der Waals surface area contributed by atoms with Crippen LogP contribution in [0.15, 0.2) is 36.4 Å². The van der Waals surface area contributed by atoms with Gasteiger partial charge in [0.25, 0.3) is 17.7 Å². The fourth-order valence-electron chi connectivity index (χ4n) is 4.88. The second kappa shape index (κ2) is 8.49. The lowest BCUT2D eigenvalue weighted by Gasteiger charge is -2.50. The van der Waals surface area contributed by atoms with E-state index >= 15 is 0 Å². The van der Waals surface area contributed by atoms with E-state index in [9.17, 15) is 18.8 Å². The summed E-state index contributed by atoms with van der Waals surface area (Å²) in [7, 11) is 0. The summed E-state index contributed by atoms with van der Waals surface area (Å²) in [5, 5.41) is -0.842. The van der Waals surface area contributed by atoms with E-state index in [1.54, 1.807) is 25.1 Å². The molecule has 188 valence electrons. The summed E-state index contributed by atoms with van der Waals surface area (Å²) in [5.74, 6) is -1.91. The van der Waals surface area contributed by atoms with E-state index < -0.39 is 35.6 Å². The zero-order valence-electron chi connectivity index (χ0n) is 18.7. The molecule has 3 aromatic carbocycles. The highest BCUT2D eigenvalue weighted by molar-refractivity contribution is 6.55. The van der Waals surface area contributed by atoms with Crippen LogP contribution in [0.1, 0.15) is 37.9 Å². The zero-order valence-corrected chi connectivity index (χ0v) is 21.7. The number of ether oxygens (including phenoxy) is 2. The Morgan fingerprint density at radius 3 is 2.05 bits per heavy atom. The number of β-lactam (4-membered cyclic amide) rings is 1. The summed E-state index contributed by atoms with van der Waals surface area (Å²) >= 11 is 24.8. The van der Waals surface area contributed by atoms with Gasteiger partial charge in [-0.15, -0.1) is 0 Å². The molecular formula is C25H13Cl4FN2O5. The lowest BCUT2D eigenvalue weighted by atomic mass is 9.85. The highest BCUT2D eigenvalue weighted by Crippen LogP contribution is 2.50. The topological polar surface area (TPSA) is 76.2 Å². The number of benzene rings is 3. The molecule has 0 aromatic heterocycles. The number of halogens is 5. The van der Waals surface area contributed by atoms with E-state index in [0.717, 1.165) is 4.90 Å². The Balaban J connectivity index is 1.50. The summed E-state index contributed by atoms with van der Waals surface area (Å²) in [6, 6.07) is 6.85. The first-order valence-corrected chi connectivity index (χ1v) is 12.4. The van der Waals surface area contributed by atoms with Gasteiger partial charge >= 0.3 is 0 Å². The molecular weight excluding hydrogens is 569 g/mol. The Morgan fingerprint density at radius 1 is 0.784 bits per heavy atom. The highest BCUT2D eigenvalue weighted by atomic mass is 35.5. The SMILES string of the molecule is Cc1ccc(F)cc1N1C(=O)C(N2C(=O)c3c(Cl)c(Cl)c(Cl)c(Cl)c3C2=O)C1c1ccc2c(c1)OCO2. The van der Waals surface area contributed by atoms with Crippen molar-refractivity contribution in [2.45, 2.75) is 19.0 Å². The van der Waals surface area contributed by atoms with Crippen LogP contribution in [-0.4, -0.2) is 35.5 Å². The number of hydrogen-bond acceptors (Lipinski definition) is 5. The third-order valence-corrected chi connectivity index (χ3v) is 8.45. The summed E-state index contributed by atoms with van der Waals surface area (Å²) in [5.41, 5.74) is 0.975. The molecule has 0 aliphatic carbocycles. The molecule has 12 heteroatoms. The molecule has 0 saturated carbocycles. The first-order valence-electron chi connectivity index (χ1n) is 10.8. The fourth-order valence-corrected chi connectivity index (χ4v) is 5.90. The molecule has 3 aliphatic rings. The number of hydrogen-bond donors (Lipinski definition) is 0. The van der Waals surface area contributed by atoms with E-state index in [1.165, 1.54) is 23.1 Å². The van der Waals surface area contributed by atoms with E-state index in [0.29, 0.717) is 28.3 Å². The van der Waals surface area contributed by atoms with Crippen molar-refractivity contribution in [3.05, 3.63) is 84.6 Å². The fraction of sp³-hybridized carbons (Fsp3) is 0.160. The number of nitrogens with zero attached hydrogens (tertiary/aromatic N) is 2. The van der Waals surface area contributed by atoms with Gasteiger partial charge in [0.05, 0.1) is 42.9 Å². The third kappa shape index (κ3) is 3.36. The summed E-state index contributed by atoms with van der Waals surface area (Å²) < 4.78 is 25.1. The molecule has 37 heavy (non-hydrogen) atoms. The average Bonchev–Trinajstić information content (AvgIpc) is 3.44. The van der Waals surface area contributed by atoms with Crippen LogP contribution in [0.25, 0.3) is 0 Å². The van der Waals surface area contributed by atoms with Gasteiger partial charge in [-0.3, -0.25) is 19.3 Å². The Kier molecular flexibility index (Phi) is 5.58. The summed E-state index contributed by atoms with van der Waals surface area (Å²) in [4.78, 5) is 42.9. The first kappa shape index (κ1) is 24.3. The molecule has 3 aromatic rings. The minimum absolute atomic E-state index is 0.0233. The van der Waals surface area contributed by atoms with Gasteiger partial charge in [-0.2, -0.15) is 0 Å². The Bertz CT molecular complexity index is 1530. The van der Waals surface area contributed by atoms with Gasteiger partial charge in [-0.25, -0.2) is 4.39 Å². The number of amides is 3. The smallest absolute Gasteiger partial charge is 0.264 e. The van der Waals surface area contributed by atoms with Crippen LogP contribution in [0.4, 0.5) is 10.1 Å². The Morgan fingerprint density at radius 2 is 1.41 bits per heavy atom. The van der Waals surface area contributed by atoms with Crippen LogP contribution < -0.4 is 14.4 Å². The maximum Gasteiger partial charge on any atom is 0.264 e. The predicted octanol–water partition coefficient (Wildman–Crippen LogP) is 6.23. The maximum atomic E-state index is 14.2. The van der Waals surface area contributed by atoms with Gasteiger partial charge < -0.3 is 14.4 Å². The van der Waals surface area contributed by atoms with Crippen molar-refractivity contribution < 1.29 is 28.2 Å². The van der Waals surface area contributed by atoms with Crippen molar-refractivity contribution in [3.63, 3.8) is 0 Å². The number of carbonyl (C=O) groups is 3. The van der Waals surface area contributed by atoms with Crippen molar-refractivity contribution in [2.75, 3.05) is 11.7 Å². The van der Waals surface area contributed by atoms with Gasteiger partial charge in [0.1, 0.15) is 11.9 Å². The number of anilines is 1. The summed E-state index contributed by atoms with van der Waals surface area (Å²) in [6.07, 6.45) is 0. The molecule has 3 aliphatic heterocycles. The molecule has 2 unspecified atom stereocenters. The second-order valence-corrected chi connectivity index (χ2v) is 10.1. The van der Waals surface area contributed by atoms with Crippen molar-refractivity contribution in [1.29, 1.82) is 0 Å². The number of fused-ring (bicyclic) bond motifs is 2. The maximum absolute atomic E-state index is 14.2. The molecule has 0 bridgehead atoms. The van der Waals surface area contributed by atoms with Crippen LogP contribution in [0.3, 0.4) is 0 Å². The lowest BCUT2D eigenvalue weighted by molar-refractivity contribution is -0.130. The second-order valence-electron chi connectivity index (χ2n) is 8.63. The highest BCUT2D eigenvalue weighted by Gasteiger charge is 2.58. The van der Waals surface area contributed by atoms with Crippen LogP contribution in [-0.2, 0) is 4.79 Å². The normalized spacial score (nSPS) is 20.0. The first-order chi connectivity index (χ1) is 17.6. The van der Waals surface area contributed by atoms with Gasteiger partial charge in [0.2, 0.25) is 6.79 Å². The number of imide groups is 1. The van der Waals surface area contributed by atoms with Crippen molar-refractivity contribution in [3.8, 4) is 11.5 Å². The van der Waals surface area contributed by atoms with Crippen LogP contribution in [0.2, 0.25) is 20.1 Å². The largest absolute Gasteiger partial charge is 0.454 e. The molecule has 1 fully saturated rings. The molecule has 7 nitrogen and oxygen atoms in total. The Hall–Kier alpha value is -3.04. The average molecular weight is 582 g/mol. The van der Waals surface area contributed by atoms with E-state index in [1.807, 2.05) is 0 Å². The molecule has 0 radical (unpaired) electrons. The van der Waals surface area contributed by atoms with Crippen LogP contribution in [0, 0.1) is 12.7 Å². The van der Waals surface area contributed by atoms with E-state index in [4.69, 9.17) is 55.9 Å². The van der Waals surface area contributed by atoms with Gasteiger partial charge in [0, 0.05) is 0 Å². The lowest BCUT2D eigenvalue weighted by Crippen LogP contribution is -2.67. The minimum atomic E-state index is -1.29. The predicted molar refractivity (Wildman–Crippen MR) is 135 cm³/mol. The minimum Gasteiger partial charge on any atom is -0.454 e. The molecule has 2 atom stereocenters. The monoisotopic (exact) mass is 580 g/mol. The van der Waals surface area contributed by atoms with E-state index in [2.05, 4.69) is 0 Å². The van der Waals surface area contributed by atoms with Crippen LogP contribution in [0.5, 0.6) is 11.5 Å². The summed E-state index contributed by atoms with van der Waals surface area (Å²) in [6.45, 7) is 1.74. The van der Waals surface area contributed by atoms with E-state index in [-0.39, 0.29) is 38.0 Å². The van der Waals surface area contributed by atoms with Crippen molar-refractivity contribution in [1.82, 2.24) is 4.90 Å². The van der Waals surface area contributed by atoms with Crippen LogP contribution >= 0.6 is 46.4 Å². The zero-order chi connectivity index (χ0) is 26.3.